The van der Waals surface area contributed by atoms with Crippen molar-refractivity contribution < 1.29 is 48.6 Å². The molecular weight excluding hydrogens is 486 g/mol. The lowest BCUT2D eigenvalue weighted by Crippen LogP contribution is -2.56. The standard InChI is InChI=1S/C19H29N7O10/c20-12(28)3-1-8(25-17(33)9-2-4-14(30)23-9)16(32)22-6-15(31)24-11(7-27)18(34)26-10(19(35)36)5-13(21)29/h8-11,27H,1-7H2,(H2,20,28)(H2,21,29)(H,22,32)(H,23,30)(H,24,31)(H,25,33)(H,26,34)(H,35,36)/t8-,9-,10-,11-/m0/s1. The predicted octanol–water partition coefficient (Wildman–Crippen LogP) is -5.95. The molecule has 4 atom stereocenters. The summed E-state index contributed by atoms with van der Waals surface area (Å²) in [6.45, 7) is -1.67. The highest BCUT2D eigenvalue weighted by molar-refractivity contribution is 5.96. The molecule has 0 spiro atoms. The Kier molecular flexibility index (Phi) is 11.7. The Morgan fingerprint density at radius 1 is 0.944 bits per heavy atom. The summed E-state index contributed by atoms with van der Waals surface area (Å²) >= 11 is 0. The van der Waals surface area contributed by atoms with Gasteiger partial charge in [-0.1, -0.05) is 0 Å². The molecule has 0 aromatic carbocycles. The number of carboxylic acids is 1. The van der Waals surface area contributed by atoms with Gasteiger partial charge in [0.15, 0.2) is 0 Å². The van der Waals surface area contributed by atoms with E-state index >= 15 is 0 Å². The Labute approximate surface area is 204 Å². The van der Waals surface area contributed by atoms with Gasteiger partial charge in [-0.25, -0.2) is 4.79 Å². The fourth-order valence-electron chi connectivity index (χ4n) is 3.04. The van der Waals surface area contributed by atoms with Crippen LogP contribution in [0, 0.1) is 0 Å². The molecule has 0 aromatic heterocycles. The molecule has 0 unspecified atom stereocenters. The number of carbonyl (C=O) groups is 8. The number of amides is 7. The number of aliphatic hydroxyl groups is 1. The number of hydrogen-bond acceptors (Lipinski definition) is 9. The van der Waals surface area contributed by atoms with E-state index in [0.29, 0.717) is 0 Å². The quantitative estimate of drug-likeness (QED) is 0.0994. The van der Waals surface area contributed by atoms with Gasteiger partial charge in [0.1, 0.15) is 24.2 Å². The molecule has 0 aromatic rings. The van der Waals surface area contributed by atoms with Crippen LogP contribution in [0.1, 0.15) is 32.1 Å². The third kappa shape index (κ3) is 10.3. The highest BCUT2D eigenvalue weighted by atomic mass is 16.4. The average Bonchev–Trinajstić information content (AvgIpc) is 3.23. The van der Waals surface area contributed by atoms with Crippen molar-refractivity contribution in [2.75, 3.05) is 13.2 Å². The van der Waals surface area contributed by atoms with Crippen LogP contribution < -0.4 is 38.1 Å². The zero-order chi connectivity index (χ0) is 27.4. The zero-order valence-corrected chi connectivity index (χ0v) is 19.1. The second-order valence-electron chi connectivity index (χ2n) is 7.82. The van der Waals surface area contributed by atoms with Gasteiger partial charge in [0.2, 0.25) is 41.4 Å². The van der Waals surface area contributed by atoms with E-state index in [9.17, 15) is 43.5 Å². The van der Waals surface area contributed by atoms with Crippen LogP contribution in [0.25, 0.3) is 0 Å². The Hall–Kier alpha value is -4.28. The summed E-state index contributed by atoms with van der Waals surface area (Å²) in [6.07, 6.45) is -0.861. The molecule has 1 fully saturated rings. The van der Waals surface area contributed by atoms with Gasteiger partial charge in [-0.3, -0.25) is 33.6 Å². The highest BCUT2D eigenvalue weighted by Crippen LogP contribution is 2.08. The molecule has 1 heterocycles. The van der Waals surface area contributed by atoms with Crippen LogP contribution >= 0.6 is 0 Å². The SMILES string of the molecule is NC(=O)CC[C@H](NC(=O)[C@@H]1CCC(=O)N1)C(=O)NCC(=O)N[C@@H](CO)C(=O)N[C@@H](CC(N)=O)C(=O)O. The Morgan fingerprint density at radius 3 is 2.11 bits per heavy atom. The van der Waals surface area contributed by atoms with E-state index in [1.807, 2.05) is 5.32 Å². The summed E-state index contributed by atoms with van der Waals surface area (Å²) in [6, 6.07) is -5.46. The summed E-state index contributed by atoms with van der Waals surface area (Å²) in [5.74, 6) is -7.31. The van der Waals surface area contributed by atoms with E-state index in [2.05, 4.69) is 21.3 Å². The maximum Gasteiger partial charge on any atom is 0.326 e. The van der Waals surface area contributed by atoms with Crippen LogP contribution in [0.5, 0.6) is 0 Å². The highest BCUT2D eigenvalue weighted by Gasteiger charge is 2.31. The maximum atomic E-state index is 12.5. The molecule has 0 saturated carbocycles. The van der Waals surface area contributed by atoms with E-state index in [4.69, 9.17) is 16.6 Å². The molecular formula is C19H29N7O10. The first-order valence-electron chi connectivity index (χ1n) is 10.7. The lowest BCUT2D eigenvalue weighted by atomic mass is 10.1. The third-order valence-corrected chi connectivity index (χ3v) is 4.90. The molecule has 36 heavy (non-hydrogen) atoms. The first-order chi connectivity index (χ1) is 16.8. The number of carboxylic acid groups (broad SMARTS) is 1. The van der Waals surface area contributed by atoms with E-state index < -0.39 is 85.2 Å². The molecule has 1 aliphatic rings. The molecule has 1 rings (SSSR count). The van der Waals surface area contributed by atoms with Crippen molar-refractivity contribution >= 4 is 47.3 Å². The number of nitrogens with two attached hydrogens (primary N) is 2. The monoisotopic (exact) mass is 515 g/mol. The molecule has 0 bridgehead atoms. The van der Waals surface area contributed by atoms with Crippen LogP contribution in [-0.4, -0.2) is 94.9 Å². The molecule has 0 aliphatic carbocycles. The van der Waals surface area contributed by atoms with Crippen LogP contribution in [-0.2, 0) is 38.4 Å². The largest absolute Gasteiger partial charge is 0.480 e. The minimum atomic E-state index is -1.69. The maximum absolute atomic E-state index is 12.5. The van der Waals surface area contributed by atoms with Crippen molar-refractivity contribution in [3.8, 4) is 0 Å². The summed E-state index contributed by atoms with van der Waals surface area (Å²) in [7, 11) is 0. The van der Waals surface area contributed by atoms with Crippen molar-refractivity contribution in [3.63, 3.8) is 0 Å². The fraction of sp³-hybridized carbons (Fsp3) is 0.579. The van der Waals surface area contributed by atoms with Crippen molar-refractivity contribution in [3.05, 3.63) is 0 Å². The number of aliphatic carboxylic acids is 1. The number of nitrogens with one attached hydrogen (secondary N) is 5. The Bertz CT molecular complexity index is 909. The molecule has 1 aliphatic heterocycles. The van der Waals surface area contributed by atoms with Gasteiger partial charge < -0.3 is 48.3 Å². The molecule has 200 valence electrons. The van der Waals surface area contributed by atoms with Crippen molar-refractivity contribution in [2.24, 2.45) is 11.5 Å². The minimum absolute atomic E-state index is 0.131. The molecule has 17 heteroatoms. The summed E-state index contributed by atoms with van der Waals surface area (Å²) in [4.78, 5) is 93.6. The molecule has 17 nitrogen and oxygen atoms in total. The van der Waals surface area contributed by atoms with E-state index in [1.54, 1.807) is 0 Å². The lowest BCUT2D eigenvalue weighted by Gasteiger charge is -2.21. The Balaban J connectivity index is 2.68. The first-order valence-corrected chi connectivity index (χ1v) is 10.7. The average molecular weight is 515 g/mol. The molecule has 1 saturated heterocycles. The number of carbonyl (C=O) groups excluding carboxylic acids is 7. The van der Waals surface area contributed by atoms with E-state index in [-0.39, 0.29) is 31.6 Å². The topological polar surface area (TPSA) is 289 Å². The van der Waals surface area contributed by atoms with Gasteiger partial charge in [-0.15, -0.1) is 0 Å². The summed E-state index contributed by atoms with van der Waals surface area (Å²) < 4.78 is 0. The predicted molar refractivity (Wildman–Crippen MR) is 117 cm³/mol. The van der Waals surface area contributed by atoms with Crippen LogP contribution in [0.3, 0.4) is 0 Å². The van der Waals surface area contributed by atoms with E-state index in [0.717, 1.165) is 0 Å². The zero-order valence-electron chi connectivity index (χ0n) is 19.1. The van der Waals surface area contributed by atoms with Gasteiger partial charge >= 0.3 is 5.97 Å². The smallest absolute Gasteiger partial charge is 0.326 e. The minimum Gasteiger partial charge on any atom is -0.480 e. The molecule has 7 amide bonds. The van der Waals surface area contributed by atoms with Crippen molar-refractivity contribution in [1.29, 1.82) is 0 Å². The second-order valence-corrected chi connectivity index (χ2v) is 7.82. The van der Waals surface area contributed by atoms with Crippen molar-refractivity contribution in [2.45, 2.75) is 56.3 Å². The van der Waals surface area contributed by atoms with Crippen molar-refractivity contribution in [1.82, 2.24) is 26.6 Å². The summed E-state index contributed by atoms with van der Waals surface area (Å²) in [5.41, 5.74) is 10.00. The normalized spacial score (nSPS) is 17.0. The second kappa shape index (κ2) is 14.2. The summed E-state index contributed by atoms with van der Waals surface area (Å²) in [5, 5.41) is 29.4. The number of hydrogen-bond donors (Lipinski definition) is 9. The van der Waals surface area contributed by atoms with Gasteiger partial charge in [-0.05, 0) is 12.8 Å². The van der Waals surface area contributed by atoms with Gasteiger partial charge in [0.25, 0.3) is 0 Å². The van der Waals surface area contributed by atoms with Crippen LogP contribution in [0.15, 0.2) is 0 Å². The first kappa shape index (κ1) is 29.8. The third-order valence-electron chi connectivity index (χ3n) is 4.90. The molecule has 0 radical (unpaired) electrons. The Morgan fingerprint density at radius 2 is 1.61 bits per heavy atom. The number of rotatable bonds is 15. The number of aliphatic hydroxyl groups excluding tert-OH is 1. The van der Waals surface area contributed by atoms with Gasteiger partial charge in [0.05, 0.1) is 19.6 Å². The lowest BCUT2D eigenvalue weighted by molar-refractivity contribution is -0.144. The van der Waals surface area contributed by atoms with Gasteiger partial charge in [-0.2, -0.15) is 0 Å². The van der Waals surface area contributed by atoms with Crippen LogP contribution in [0.4, 0.5) is 0 Å². The number of primary amides is 2. The van der Waals surface area contributed by atoms with Gasteiger partial charge in [0, 0.05) is 12.8 Å². The van der Waals surface area contributed by atoms with Crippen LogP contribution in [0.2, 0.25) is 0 Å². The molecule has 11 N–H and O–H groups in total. The fourth-order valence-corrected chi connectivity index (χ4v) is 3.04. The van der Waals surface area contributed by atoms with E-state index in [1.165, 1.54) is 0 Å².